The molecule has 12 heteroatoms. The van der Waals surface area contributed by atoms with Crippen molar-refractivity contribution < 1.29 is 32.2 Å². The summed E-state index contributed by atoms with van der Waals surface area (Å²) in [5, 5.41) is 16.9. The van der Waals surface area contributed by atoms with Gasteiger partial charge in [-0.1, -0.05) is 0 Å². The molecule has 2 aromatic heterocycles. The van der Waals surface area contributed by atoms with E-state index in [4.69, 9.17) is 4.42 Å². The van der Waals surface area contributed by atoms with Crippen LogP contribution in [0, 0.1) is 0 Å². The SMILES string of the molecule is O=C([O-])c1cc(-c2nccs2)c2oc(N3CC4CC(C3)N4)nc2c1OC(F)(F)F. The number of piperazine rings is 1. The number of thiazole rings is 1. The predicted molar refractivity (Wildman–Crippen MR) is 93.7 cm³/mol. The number of carbonyl (C=O) groups is 1. The Morgan fingerprint density at radius 2 is 2.10 bits per heavy atom. The first-order chi connectivity index (χ1) is 13.8. The fourth-order valence-corrected chi connectivity index (χ4v) is 4.39. The summed E-state index contributed by atoms with van der Waals surface area (Å²) in [6, 6.07) is 1.64. The van der Waals surface area contributed by atoms with Crippen molar-refractivity contribution in [2.24, 2.45) is 0 Å². The average Bonchev–Trinajstić information content (AvgIpc) is 3.30. The zero-order valence-electron chi connectivity index (χ0n) is 14.5. The Bertz CT molecular complexity index is 1080. The molecule has 3 aliphatic rings. The van der Waals surface area contributed by atoms with Crippen LogP contribution in [0.5, 0.6) is 5.75 Å². The van der Waals surface area contributed by atoms with Crippen molar-refractivity contribution in [1.82, 2.24) is 15.3 Å². The number of carbonyl (C=O) groups excluding carboxylic acids is 1. The molecule has 3 fully saturated rings. The molecule has 0 amide bonds. The second-order valence-corrected chi connectivity index (χ2v) is 7.74. The standard InChI is InChI=1S/C17H13F3N4O4S/c18-17(19,20)28-13-10(15(25)26)4-9(14-21-1-2-29-14)12-11(13)23-16(27-12)24-5-7-3-8(6-24)22-7/h1-2,4,7-8,22H,3,5-6H2,(H,25,26)/p-1. The first kappa shape index (κ1) is 18.2. The minimum Gasteiger partial charge on any atom is -0.545 e. The largest absolute Gasteiger partial charge is 0.573 e. The van der Waals surface area contributed by atoms with Gasteiger partial charge in [-0.25, -0.2) is 4.98 Å². The van der Waals surface area contributed by atoms with E-state index >= 15 is 0 Å². The van der Waals surface area contributed by atoms with Crippen molar-refractivity contribution in [3.8, 4) is 16.3 Å². The van der Waals surface area contributed by atoms with E-state index in [0.717, 1.165) is 12.5 Å². The highest BCUT2D eigenvalue weighted by Gasteiger charge is 2.39. The summed E-state index contributed by atoms with van der Waals surface area (Å²) in [7, 11) is 0. The molecule has 2 bridgehead atoms. The number of alkyl halides is 3. The molecule has 2 unspecified atom stereocenters. The fraction of sp³-hybridized carbons (Fsp3) is 0.353. The number of anilines is 1. The van der Waals surface area contributed by atoms with Crippen LogP contribution in [-0.4, -0.2) is 47.5 Å². The van der Waals surface area contributed by atoms with E-state index in [2.05, 4.69) is 20.0 Å². The molecule has 29 heavy (non-hydrogen) atoms. The third kappa shape index (κ3) is 3.17. The average molecular weight is 425 g/mol. The first-order valence-electron chi connectivity index (χ1n) is 8.64. The van der Waals surface area contributed by atoms with E-state index in [1.54, 1.807) is 5.38 Å². The summed E-state index contributed by atoms with van der Waals surface area (Å²) in [5.74, 6) is -2.78. The minimum atomic E-state index is -5.12. The number of hydrogen-bond donors (Lipinski definition) is 1. The Morgan fingerprint density at radius 1 is 1.38 bits per heavy atom. The summed E-state index contributed by atoms with van der Waals surface area (Å²) in [5.41, 5.74) is -0.923. The lowest BCUT2D eigenvalue weighted by Gasteiger charge is -2.47. The number of piperidine rings is 1. The first-order valence-corrected chi connectivity index (χ1v) is 9.52. The number of carboxylic acid groups (broad SMARTS) is 1. The van der Waals surface area contributed by atoms with Crippen LogP contribution in [0.4, 0.5) is 19.2 Å². The number of benzene rings is 1. The topological polar surface area (TPSA) is 104 Å². The normalized spacial score (nSPS) is 21.3. The molecule has 5 heterocycles. The lowest BCUT2D eigenvalue weighted by molar-refractivity contribution is -0.275. The number of rotatable bonds is 4. The molecule has 1 N–H and O–H groups in total. The Morgan fingerprint density at radius 3 is 2.69 bits per heavy atom. The number of oxazole rings is 1. The van der Waals surface area contributed by atoms with Gasteiger partial charge in [0.2, 0.25) is 0 Å². The van der Waals surface area contributed by atoms with Crippen LogP contribution in [-0.2, 0) is 0 Å². The molecule has 6 rings (SSSR count). The summed E-state index contributed by atoms with van der Waals surface area (Å²) in [6.45, 7) is 1.16. The van der Waals surface area contributed by atoms with Crippen LogP contribution < -0.4 is 20.1 Å². The summed E-state index contributed by atoms with van der Waals surface area (Å²) in [4.78, 5) is 21.7. The molecule has 2 atom stereocenters. The molecule has 3 aromatic rings. The van der Waals surface area contributed by atoms with E-state index in [9.17, 15) is 23.1 Å². The lowest BCUT2D eigenvalue weighted by Crippen LogP contribution is -2.67. The van der Waals surface area contributed by atoms with Gasteiger partial charge in [0.05, 0.1) is 11.5 Å². The van der Waals surface area contributed by atoms with Crippen LogP contribution in [0.25, 0.3) is 21.7 Å². The highest BCUT2D eigenvalue weighted by Crippen LogP contribution is 2.42. The Labute approximate surface area is 164 Å². The Hall–Kier alpha value is -2.86. The summed E-state index contributed by atoms with van der Waals surface area (Å²) < 4.78 is 48.8. The van der Waals surface area contributed by atoms with Gasteiger partial charge in [0.1, 0.15) is 5.01 Å². The zero-order chi connectivity index (χ0) is 20.3. The second kappa shape index (κ2) is 6.32. The molecular formula is C17H12F3N4O4S-. The second-order valence-electron chi connectivity index (χ2n) is 6.85. The Kier molecular flexibility index (Phi) is 3.96. The molecule has 3 saturated heterocycles. The van der Waals surface area contributed by atoms with E-state index < -0.39 is 23.6 Å². The molecule has 152 valence electrons. The van der Waals surface area contributed by atoms with Crippen molar-refractivity contribution in [2.75, 3.05) is 18.0 Å². The van der Waals surface area contributed by atoms with E-state index in [0.29, 0.717) is 18.1 Å². The quantitative estimate of drug-likeness (QED) is 0.675. The molecular weight excluding hydrogens is 413 g/mol. The third-order valence-electron chi connectivity index (χ3n) is 4.90. The molecule has 1 aromatic carbocycles. The van der Waals surface area contributed by atoms with E-state index in [-0.39, 0.29) is 34.8 Å². The smallest absolute Gasteiger partial charge is 0.545 e. The Balaban J connectivity index is 1.72. The van der Waals surface area contributed by atoms with Gasteiger partial charge >= 0.3 is 6.36 Å². The number of halogens is 3. The molecule has 8 nitrogen and oxygen atoms in total. The number of aromatic carboxylic acids is 1. The van der Waals surface area contributed by atoms with E-state index in [1.807, 2.05) is 4.90 Å². The number of hydrogen-bond acceptors (Lipinski definition) is 9. The maximum Gasteiger partial charge on any atom is 0.573 e. The molecule has 3 aliphatic heterocycles. The number of fused-ring (bicyclic) bond motifs is 3. The lowest BCUT2D eigenvalue weighted by atomic mass is 9.92. The molecule has 0 aliphatic carbocycles. The van der Waals surface area contributed by atoms with Gasteiger partial charge in [-0.2, -0.15) is 4.98 Å². The van der Waals surface area contributed by atoms with Crippen LogP contribution >= 0.6 is 11.3 Å². The fourth-order valence-electron chi connectivity index (χ4n) is 3.74. The maximum absolute atomic E-state index is 13.0. The zero-order valence-corrected chi connectivity index (χ0v) is 15.3. The number of aromatic nitrogens is 2. The number of nitrogens with zero attached hydrogens (tertiary/aromatic N) is 3. The molecule has 0 spiro atoms. The van der Waals surface area contributed by atoms with Crippen LogP contribution in [0.15, 0.2) is 22.1 Å². The van der Waals surface area contributed by atoms with Crippen molar-refractivity contribution in [1.29, 1.82) is 0 Å². The van der Waals surface area contributed by atoms with Crippen molar-refractivity contribution in [3.63, 3.8) is 0 Å². The van der Waals surface area contributed by atoms with Gasteiger partial charge in [0.15, 0.2) is 16.8 Å². The van der Waals surface area contributed by atoms with Gasteiger partial charge in [-0.3, -0.25) is 0 Å². The van der Waals surface area contributed by atoms with Gasteiger partial charge in [-0.05, 0) is 12.5 Å². The van der Waals surface area contributed by atoms with Crippen molar-refractivity contribution in [3.05, 3.63) is 23.2 Å². The number of carboxylic acids is 1. The predicted octanol–water partition coefficient (Wildman–Crippen LogP) is 1.76. The number of nitrogens with one attached hydrogen (secondary N) is 1. The van der Waals surface area contributed by atoms with Gasteiger partial charge in [-0.15, -0.1) is 24.5 Å². The maximum atomic E-state index is 13.0. The van der Waals surface area contributed by atoms with Crippen LogP contribution in [0.2, 0.25) is 0 Å². The van der Waals surface area contributed by atoms with Gasteiger partial charge in [0.25, 0.3) is 6.01 Å². The molecule has 0 radical (unpaired) electrons. The van der Waals surface area contributed by atoms with Crippen molar-refractivity contribution in [2.45, 2.75) is 24.9 Å². The monoisotopic (exact) mass is 425 g/mol. The third-order valence-corrected chi connectivity index (χ3v) is 5.71. The number of ether oxygens (including phenoxy) is 1. The molecule has 0 saturated carbocycles. The van der Waals surface area contributed by atoms with Crippen LogP contribution in [0.1, 0.15) is 16.8 Å². The van der Waals surface area contributed by atoms with Crippen LogP contribution in [0.3, 0.4) is 0 Å². The van der Waals surface area contributed by atoms with Gasteiger partial charge in [0, 0.05) is 42.3 Å². The van der Waals surface area contributed by atoms with Gasteiger partial charge < -0.3 is 29.3 Å². The minimum absolute atomic E-state index is 0.0218. The highest BCUT2D eigenvalue weighted by atomic mass is 32.1. The summed E-state index contributed by atoms with van der Waals surface area (Å²) in [6.07, 6.45) is -2.61. The van der Waals surface area contributed by atoms with E-state index in [1.165, 1.54) is 17.5 Å². The summed E-state index contributed by atoms with van der Waals surface area (Å²) >= 11 is 1.18. The highest BCUT2D eigenvalue weighted by molar-refractivity contribution is 7.13. The van der Waals surface area contributed by atoms with Crippen molar-refractivity contribution >= 4 is 34.4 Å².